The molecule has 162 valence electrons. The molecular formula is C21H27N3O4S2. The fourth-order valence-corrected chi connectivity index (χ4v) is 6.34. The lowest BCUT2D eigenvalue weighted by Gasteiger charge is -2.31. The minimum Gasteiger partial charge on any atom is -0.373 e. The van der Waals surface area contributed by atoms with Crippen molar-refractivity contribution < 1.29 is 17.9 Å². The average molecular weight is 450 g/mol. The Morgan fingerprint density at radius 3 is 2.50 bits per heavy atom. The van der Waals surface area contributed by atoms with Gasteiger partial charge < -0.3 is 14.6 Å². The van der Waals surface area contributed by atoms with Crippen LogP contribution in [0.1, 0.15) is 28.9 Å². The largest absolute Gasteiger partial charge is 0.373 e. The molecule has 0 atom stereocenters. The van der Waals surface area contributed by atoms with E-state index in [0.717, 1.165) is 29.9 Å². The number of thioether (sulfide) groups is 1. The normalized spacial score (nSPS) is 19.1. The number of hydrogen-bond acceptors (Lipinski definition) is 5. The van der Waals surface area contributed by atoms with E-state index < -0.39 is 10.0 Å². The topological polar surface area (TPSA) is 82.7 Å². The van der Waals surface area contributed by atoms with E-state index in [1.165, 1.54) is 16.6 Å². The van der Waals surface area contributed by atoms with Gasteiger partial charge in [-0.2, -0.15) is 16.1 Å². The summed E-state index contributed by atoms with van der Waals surface area (Å²) in [6.07, 6.45) is 3.11. The van der Waals surface area contributed by atoms with Gasteiger partial charge in [0.1, 0.15) is 10.6 Å². The van der Waals surface area contributed by atoms with E-state index in [1.807, 2.05) is 30.3 Å². The number of nitrogens with one attached hydrogen (secondary N) is 1. The van der Waals surface area contributed by atoms with Gasteiger partial charge in [-0.15, -0.1) is 0 Å². The van der Waals surface area contributed by atoms with Gasteiger partial charge >= 0.3 is 0 Å². The lowest BCUT2D eigenvalue weighted by molar-refractivity contribution is -0.000495. The van der Waals surface area contributed by atoms with Gasteiger partial charge in [-0.25, -0.2) is 8.42 Å². The van der Waals surface area contributed by atoms with Crippen LogP contribution in [0.4, 0.5) is 0 Å². The minimum atomic E-state index is -3.55. The number of H-pyrrole nitrogens is 1. The lowest BCUT2D eigenvalue weighted by Crippen LogP contribution is -2.41. The zero-order valence-corrected chi connectivity index (χ0v) is 18.5. The fourth-order valence-electron chi connectivity index (χ4n) is 3.77. The van der Waals surface area contributed by atoms with Crippen LogP contribution in [-0.4, -0.2) is 72.3 Å². The third-order valence-corrected chi connectivity index (χ3v) is 8.37. The van der Waals surface area contributed by atoms with Gasteiger partial charge in [0.2, 0.25) is 10.0 Å². The number of piperidine rings is 1. The molecule has 2 saturated heterocycles. The molecule has 2 aromatic rings. The summed E-state index contributed by atoms with van der Waals surface area (Å²) in [6, 6.07) is 11.5. The van der Waals surface area contributed by atoms with Crippen LogP contribution < -0.4 is 0 Å². The highest BCUT2D eigenvalue weighted by molar-refractivity contribution is 7.99. The van der Waals surface area contributed by atoms with E-state index in [1.54, 1.807) is 16.7 Å². The lowest BCUT2D eigenvalue weighted by atomic mass is 10.1. The second-order valence-corrected chi connectivity index (χ2v) is 10.7. The number of aromatic nitrogens is 1. The predicted octanol–water partition coefficient (Wildman–Crippen LogP) is 2.57. The van der Waals surface area contributed by atoms with Crippen molar-refractivity contribution in [2.75, 3.05) is 37.7 Å². The molecule has 0 saturated carbocycles. The standard InChI is InChI=1S/C21H27N3O4S2/c25-21(20-14-19(15-22-20)30(26,27)24-10-12-29-13-11-24)23-8-6-18(7-9-23)28-16-17-4-2-1-3-5-17/h1-5,14-15,18,22H,6-13,16H2. The maximum absolute atomic E-state index is 12.8. The highest BCUT2D eigenvalue weighted by atomic mass is 32.2. The zero-order valence-electron chi connectivity index (χ0n) is 16.8. The fraction of sp³-hybridized carbons (Fsp3) is 0.476. The van der Waals surface area contributed by atoms with Crippen molar-refractivity contribution in [3.8, 4) is 0 Å². The molecule has 1 aromatic heterocycles. The van der Waals surface area contributed by atoms with Crippen molar-refractivity contribution in [1.29, 1.82) is 0 Å². The van der Waals surface area contributed by atoms with Crippen molar-refractivity contribution in [2.24, 2.45) is 0 Å². The van der Waals surface area contributed by atoms with Crippen molar-refractivity contribution in [2.45, 2.75) is 30.4 Å². The number of amides is 1. The Morgan fingerprint density at radius 2 is 1.80 bits per heavy atom. The van der Waals surface area contributed by atoms with Crippen molar-refractivity contribution in [3.63, 3.8) is 0 Å². The van der Waals surface area contributed by atoms with Crippen molar-refractivity contribution >= 4 is 27.7 Å². The molecule has 1 amide bonds. The first kappa shape index (κ1) is 21.4. The summed E-state index contributed by atoms with van der Waals surface area (Å²) in [5.41, 5.74) is 1.46. The van der Waals surface area contributed by atoms with Crippen LogP contribution in [0.5, 0.6) is 0 Å². The highest BCUT2D eigenvalue weighted by Gasteiger charge is 2.29. The van der Waals surface area contributed by atoms with Crippen LogP contribution in [0.15, 0.2) is 47.5 Å². The van der Waals surface area contributed by atoms with Gasteiger partial charge in [-0.3, -0.25) is 4.79 Å². The molecule has 30 heavy (non-hydrogen) atoms. The Morgan fingerprint density at radius 1 is 1.10 bits per heavy atom. The van der Waals surface area contributed by atoms with Crippen LogP contribution in [0, 0.1) is 0 Å². The number of rotatable bonds is 6. The summed E-state index contributed by atoms with van der Waals surface area (Å²) in [7, 11) is -3.55. The van der Waals surface area contributed by atoms with Crippen LogP contribution in [0.25, 0.3) is 0 Å². The second kappa shape index (κ2) is 9.55. The molecule has 1 N–H and O–H groups in total. The quantitative estimate of drug-likeness (QED) is 0.733. The van der Waals surface area contributed by atoms with Crippen LogP contribution >= 0.6 is 11.8 Å². The monoisotopic (exact) mass is 449 g/mol. The van der Waals surface area contributed by atoms with Crippen molar-refractivity contribution in [1.82, 2.24) is 14.2 Å². The van der Waals surface area contributed by atoms with Gasteiger partial charge in [-0.05, 0) is 24.5 Å². The highest BCUT2D eigenvalue weighted by Crippen LogP contribution is 2.22. The van der Waals surface area contributed by atoms with E-state index in [0.29, 0.717) is 38.5 Å². The van der Waals surface area contributed by atoms with Crippen molar-refractivity contribution in [3.05, 3.63) is 53.9 Å². The summed E-state index contributed by atoms with van der Waals surface area (Å²) >= 11 is 1.76. The second-order valence-electron chi connectivity index (χ2n) is 7.55. The van der Waals surface area contributed by atoms with E-state index >= 15 is 0 Å². The van der Waals surface area contributed by atoms with Gasteiger partial charge in [0, 0.05) is 43.9 Å². The van der Waals surface area contributed by atoms with Gasteiger partial charge in [0.25, 0.3) is 5.91 Å². The number of hydrogen-bond donors (Lipinski definition) is 1. The zero-order chi connectivity index (χ0) is 21.0. The van der Waals surface area contributed by atoms with E-state index in [-0.39, 0.29) is 16.9 Å². The number of carbonyl (C=O) groups excluding carboxylic acids is 1. The van der Waals surface area contributed by atoms with Crippen LogP contribution in [0.2, 0.25) is 0 Å². The summed E-state index contributed by atoms with van der Waals surface area (Å²) in [6.45, 7) is 2.80. The Labute approximate surface area is 181 Å². The summed E-state index contributed by atoms with van der Waals surface area (Å²) in [5.74, 6) is 1.44. The minimum absolute atomic E-state index is 0.130. The molecule has 1 aromatic carbocycles. The average Bonchev–Trinajstić information content (AvgIpc) is 3.30. The van der Waals surface area contributed by atoms with Gasteiger partial charge in [-0.1, -0.05) is 30.3 Å². The number of carbonyl (C=O) groups is 1. The first-order valence-corrected chi connectivity index (χ1v) is 12.8. The number of sulfonamides is 1. The Balaban J connectivity index is 1.31. The molecule has 0 bridgehead atoms. The van der Waals surface area contributed by atoms with E-state index in [9.17, 15) is 13.2 Å². The SMILES string of the molecule is O=C(c1cc(S(=O)(=O)N2CCSCC2)c[nH]1)N1CCC(OCc2ccccc2)CC1. The maximum Gasteiger partial charge on any atom is 0.270 e. The number of likely N-dealkylation sites (tertiary alicyclic amines) is 1. The number of ether oxygens (including phenoxy) is 1. The third kappa shape index (κ3) is 4.91. The Kier molecular flexibility index (Phi) is 6.82. The molecule has 3 heterocycles. The molecule has 4 rings (SSSR count). The molecule has 2 aliphatic heterocycles. The van der Waals surface area contributed by atoms with E-state index in [4.69, 9.17) is 4.74 Å². The number of aromatic amines is 1. The third-order valence-electron chi connectivity index (χ3n) is 5.55. The number of benzene rings is 1. The Bertz CT molecular complexity index is 948. The first-order valence-electron chi connectivity index (χ1n) is 10.2. The maximum atomic E-state index is 12.8. The summed E-state index contributed by atoms with van der Waals surface area (Å²) < 4.78 is 33.1. The molecule has 2 fully saturated rings. The molecule has 0 radical (unpaired) electrons. The smallest absolute Gasteiger partial charge is 0.270 e. The molecule has 7 nitrogen and oxygen atoms in total. The first-order chi connectivity index (χ1) is 14.5. The predicted molar refractivity (Wildman–Crippen MR) is 117 cm³/mol. The molecule has 0 spiro atoms. The molecule has 9 heteroatoms. The summed E-state index contributed by atoms with van der Waals surface area (Å²) in [5, 5.41) is 0. The van der Waals surface area contributed by atoms with Gasteiger partial charge in [0.15, 0.2) is 0 Å². The summed E-state index contributed by atoms with van der Waals surface area (Å²) in [4.78, 5) is 17.6. The molecule has 2 aliphatic rings. The van der Waals surface area contributed by atoms with Gasteiger partial charge in [0.05, 0.1) is 12.7 Å². The Hall–Kier alpha value is -1.81. The molecule has 0 unspecified atom stereocenters. The molecule has 0 aliphatic carbocycles. The van der Waals surface area contributed by atoms with Crippen LogP contribution in [0.3, 0.4) is 0 Å². The molecular weight excluding hydrogens is 422 g/mol. The van der Waals surface area contributed by atoms with Crippen LogP contribution in [-0.2, 0) is 21.4 Å². The van der Waals surface area contributed by atoms with E-state index in [2.05, 4.69) is 4.98 Å². The number of nitrogens with zero attached hydrogens (tertiary/aromatic N) is 2.